The monoisotopic (exact) mass is 267 g/mol. The molecule has 0 saturated heterocycles. The van der Waals surface area contributed by atoms with Crippen LogP contribution < -0.4 is 0 Å². The summed E-state index contributed by atoms with van der Waals surface area (Å²) in [4.78, 5) is 0. The van der Waals surface area contributed by atoms with Gasteiger partial charge in [0.05, 0.1) is 0 Å². The van der Waals surface area contributed by atoms with Crippen LogP contribution >= 0.6 is 11.6 Å². The summed E-state index contributed by atoms with van der Waals surface area (Å²) in [5, 5.41) is 0.794. The second-order valence-corrected chi connectivity index (χ2v) is 2.74. The topological polar surface area (TPSA) is 0 Å². The zero-order valence-corrected chi connectivity index (χ0v) is 10.4. The molecule has 1 aromatic carbocycles. The van der Waals surface area contributed by atoms with E-state index >= 15 is 0 Å². The van der Waals surface area contributed by atoms with Crippen LogP contribution in [0.15, 0.2) is 48.6 Å². The minimum absolute atomic E-state index is 0. The number of benzene rings is 1. The third-order valence-electron chi connectivity index (χ3n) is 1.32. The summed E-state index contributed by atoms with van der Waals surface area (Å²) in [7, 11) is 0. The molecule has 1 aromatic rings. The van der Waals surface area contributed by atoms with Gasteiger partial charge in [-0.2, -0.15) is 6.08 Å². The Kier molecular flexibility index (Phi) is 8.39. The second kappa shape index (κ2) is 8.47. The predicted molar refractivity (Wildman–Crippen MR) is 53.0 cm³/mol. The summed E-state index contributed by atoms with van der Waals surface area (Å²) in [6.45, 7) is 0. The van der Waals surface area contributed by atoms with Crippen molar-refractivity contribution in [2.24, 2.45) is 0 Å². The molecule has 1 aliphatic rings. The van der Waals surface area contributed by atoms with Crippen LogP contribution in [0, 0.1) is 6.08 Å². The van der Waals surface area contributed by atoms with E-state index in [-0.39, 0.29) is 26.2 Å². The molecular weight excluding hydrogens is 259 g/mol. The van der Waals surface area contributed by atoms with Crippen LogP contribution in [0.4, 0.5) is 0 Å². The van der Waals surface area contributed by atoms with Gasteiger partial charge in [0, 0.05) is 31.2 Å². The molecule has 2 heteroatoms. The van der Waals surface area contributed by atoms with E-state index < -0.39 is 0 Å². The van der Waals surface area contributed by atoms with Crippen molar-refractivity contribution in [3.8, 4) is 0 Å². The maximum absolute atomic E-state index is 5.54. The Morgan fingerprint density at radius 2 is 1.85 bits per heavy atom. The van der Waals surface area contributed by atoms with Gasteiger partial charge in [-0.25, -0.2) is 12.2 Å². The van der Waals surface area contributed by atoms with Gasteiger partial charge in [-0.3, -0.25) is 6.08 Å². The first-order valence-electron chi connectivity index (χ1n) is 3.82. The number of allylic oxidation sites excluding steroid dienone is 4. The minimum Gasteiger partial charge on any atom is -0.273 e. The van der Waals surface area contributed by atoms with Crippen LogP contribution in [0.1, 0.15) is 6.42 Å². The van der Waals surface area contributed by atoms with Gasteiger partial charge in [-0.1, -0.05) is 29.8 Å². The smallest absolute Gasteiger partial charge is 0.0405 e. The Bertz CT molecular complexity index is 255. The average molecular weight is 269 g/mol. The van der Waals surface area contributed by atoms with Crippen molar-refractivity contribution in [2.45, 2.75) is 6.42 Å². The molecule has 0 unspecified atom stereocenters. The molecule has 0 saturated carbocycles. The van der Waals surface area contributed by atoms with Crippen LogP contribution in [0.2, 0.25) is 5.02 Å². The summed E-state index contributed by atoms with van der Waals surface area (Å²) in [6, 6.07) is 9.44. The minimum atomic E-state index is 0. The average Bonchev–Trinajstić information content (AvgIpc) is 2.62. The SMILES string of the molecule is Clc1ccccc1.[C-]1=CC=CC1.[Zr]. The maximum Gasteiger partial charge on any atom is 0.0405 e. The molecule has 0 spiro atoms. The Labute approximate surface area is 103 Å². The molecule has 0 atom stereocenters. The first-order valence-corrected chi connectivity index (χ1v) is 4.19. The van der Waals surface area contributed by atoms with E-state index in [1.54, 1.807) is 0 Å². The number of halogens is 1. The third-order valence-corrected chi connectivity index (χ3v) is 1.57. The Hall–Kier alpha value is -0.127. The Balaban J connectivity index is 0.000000215. The normalized spacial score (nSPS) is 11.5. The molecular formula is C11H10ClZr-. The first kappa shape index (κ1) is 12.9. The van der Waals surface area contributed by atoms with Crippen LogP contribution in [0.3, 0.4) is 0 Å². The van der Waals surface area contributed by atoms with Crippen LogP contribution in [-0.2, 0) is 26.2 Å². The van der Waals surface area contributed by atoms with E-state index in [2.05, 4.69) is 12.2 Å². The van der Waals surface area contributed by atoms with Gasteiger partial charge < -0.3 is 0 Å². The van der Waals surface area contributed by atoms with Gasteiger partial charge in [0.25, 0.3) is 0 Å². The molecule has 0 fully saturated rings. The molecule has 1 aliphatic carbocycles. The molecule has 0 heterocycles. The van der Waals surface area contributed by atoms with Crippen molar-refractivity contribution in [3.05, 3.63) is 59.7 Å². The molecule has 0 radical (unpaired) electrons. The standard InChI is InChI=1S/C6H5Cl.C5H5.Zr/c7-6-4-2-1-3-5-6;1-2-4-5-3-1;/h1-5H;1-3H,4H2;/q;-1;. The zero-order chi connectivity index (χ0) is 8.65. The van der Waals surface area contributed by atoms with Crippen LogP contribution in [0.5, 0.6) is 0 Å². The van der Waals surface area contributed by atoms with Gasteiger partial charge in [-0.15, -0.1) is 6.42 Å². The number of hydrogen-bond donors (Lipinski definition) is 0. The van der Waals surface area contributed by atoms with Gasteiger partial charge in [0.1, 0.15) is 0 Å². The summed E-state index contributed by atoms with van der Waals surface area (Å²) < 4.78 is 0. The van der Waals surface area contributed by atoms with E-state index in [4.69, 9.17) is 11.6 Å². The summed E-state index contributed by atoms with van der Waals surface area (Å²) in [5.74, 6) is 0. The van der Waals surface area contributed by atoms with Crippen LogP contribution in [-0.4, -0.2) is 0 Å². The summed E-state index contributed by atoms with van der Waals surface area (Å²) >= 11 is 5.54. The van der Waals surface area contributed by atoms with E-state index in [0.29, 0.717) is 0 Å². The van der Waals surface area contributed by atoms with Crippen molar-refractivity contribution in [1.29, 1.82) is 0 Å². The molecule has 66 valence electrons. The molecule has 13 heavy (non-hydrogen) atoms. The summed E-state index contributed by atoms with van der Waals surface area (Å²) in [6.07, 6.45) is 10.0. The molecule has 0 aliphatic heterocycles. The molecule has 0 bridgehead atoms. The van der Waals surface area contributed by atoms with Gasteiger partial charge in [0.2, 0.25) is 0 Å². The second-order valence-electron chi connectivity index (χ2n) is 2.30. The van der Waals surface area contributed by atoms with E-state index in [0.717, 1.165) is 11.4 Å². The zero-order valence-electron chi connectivity index (χ0n) is 7.20. The van der Waals surface area contributed by atoms with Crippen molar-refractivity contribution < 1.29 is 26.2 Å². The van der Waals surface area contributed by atoms with E-state index in [1.165, 1.54) is 0 Å². The maximum atomic E-state index is 5.54. The molecule has 2 rings (SSSR count). The fourth-order valence-corrected chi connectivity index (χ4v) is 0.900. The van der Waals surface area contributed by atoms with Crippen LogP contribution in [0.25, 0.3) is 0 Å². The predicted octanol–water partition coefficient (Wildman–Crippen LogP) is 3.64. The molecule has 0 aromatic heterocycles. The summed E-state index contributed by atoms with van der Waals surface area (Å²) in [5.41, 5.74) is 0. The van der Waals surface area contributed by atoms with E-state index in [9.17, 15) is 0 Å². The largest absolute Gasteiger partial charge is 0.273 e. The fourth-order valence-electron chi connectivity index (χ4n) is 0.755. The van der Waals surface area contributed by atoms with Crippen molar-refractivity contribution in [3.63, 3.8) is 0 Å². The molecule has 0 nitrogen and oxygen atoms in total. The molecule has 0 N–H and O–H groups in total. The number of rotatable bonds is 0. The van der Waals surface area contributed by atoms with Gasteiger partial charge in [-0.05, 0) is 12.1 Å². The quantitative estimate of drug-likeness (QED) is 0.630. The van der Waals surface area contributed by atoms with Gasteiger partial charge in [0.15, 0.2) is 0 Å². The van der Waals surface area contributed by atoms with E-state index in [1.807, 2.05) is 42.5 Å². The molecule has 0 amide bonds. The Morgan fingerprint density at radius 3 is 2.08 bits per heavy atom. The van der Waals surface area contributed by atoms with Crippen molar-refractivity contribution in [1.82, 2.24) is 0 Å². The fraction of sp³-hybridized carbons (Fsp3) is 0.0909. The first-order chi connectivity index (χ1) is 5.89. The van der Waals surface area contributed by atoms with Crippen molar-refractivity contribution in [2.75, 3.05) is 0 Å². The third kappa shape index (κ3) is 6.98. The number of hydrogen-bond acceptors (Lipinski definition) is 0. The van der Waals surface area contributed by atoms with Crippen molar-refractivity contribution >= 4 is 11.6 Å². The van der Waals surface area contributed by atoms with Gasteiger partial charge >= 0.3 is 0 Å². The Morgan fingerprint density at radius 1 is 1.15 bits per heavy atom.